The predicted octanol–water partition coefficient (Wildman–Crippen LogP) is 3.10. The van der Waals surface area contributed by atoms with Crippen LogP contribution in [0.3, 0.4) is 0 Å². The molecule has 0 N–H and O–H groups in total. The fraction of sp³-hybridized carbons (Fsp3) is 0.958. The van der Waals surface area contributed by atoms with Gasteiger partial charge in [0, 0.05) is 6.04 Å². The van der Waals surface area contributed by atoms with E-state index in [4.69, 9.17) is 0 Å². The van der Waals surface area contributed by atoms with Gasteiger partial charge in [0.1, 0.15) is 0 Å². The fourth-order valence-corrected chi connectivity index (χ4v) is 3.89. The quantitative estimate of drug-likeness (QED) is 0.211. The Morgan fingerprint density at radius 3 is 1.25 bits per heavy atom. The zero-order chi connectivity index (χ0) is 20.2. The second kappa shape index (κ2) is 24.3. The van der Waals surface area contributed by atoms with E-state index in [2.05, 4.69) is 18.7 Å². The van der Waals surface area contributed by atoms with Crippen molar-refractivity contribution in [3.05, 3.63) is 0 Å². The van der Waals surface area contributed by atoms with Gasteiger partial charge in [-0.2, -0.15) is 0 Å². The second-order valence-electron chi connectivity index (χ2n) is 8.23. The Bertz CT molecular complexity index is 306. The number of rotatable bonds is 21. The van der Waals surface area contributed by atoms with Crippen LogP contribution in [0.25, 0.3) is 0 Å². The molecule has 0 saturated carbocycles. The van der Waals surface area contributed by atoms with Crippen molar-refractivity contribution in [2.45, 2.75) is 136 Å². The number of hydrogen-bond donors (Lipinski definition) is 0. The number of aliphatic carboxylic acids is 1. The van der Waals surface area contributed by atoms with Crippen LogP contribution in [0, 0.1) is 0 Å². The van der Waals surface area contributed by atoms with Crippen molar-refractivity contribution >= 4 is 5.97 Å². The van der Waals surface area contributed by atoms with E-state index in [9.17, 15) is 9.90 Å². The summed E-state index contributed by atoms with van der Waals surface area (Å²) in [5.41, 5.74) is 0. The smallest absolute Gasteiger partial charge is 0.548 e. The largest absolute Gasteiger partial charge is 1.00 e. The summed E-state index contributed by atoms with van der Waals surface area (Å²) in [5, 5.41) is 11.5. The number of hydrogen-bond acceptors (Lipinski definition) is 3. The van der Waals surface area contributed by atoms with Crippen molar-refractivity contribution in [1.29, 1.82) is 0 Å². The fourth-order valence-electron chi connectivity index (χ4n) is 3.89. The Balaban J connectivity index is 0. The van der Waals surface area contributed by atoms with Crippen molar-refractivity contribution in [3.63, 3.8) is 0 Å². The minimum atomic E-state index is -0.892. The first-order valence-electron chi connectivity index (χ1n) is 12.1. The van der Waals surface area contributed by atoms with E-state index >= 15 is 0 Å². The molecule has 0 aromatic rings. The van der Waals surface area contributed by atoms with Crippen LogP contribution in [0.4, 0.5) is 0 Å². The van der Waals surface area contributed by atoms with Gasteiger partial charge < -0.3 is 9.90 Å². The topological polar surface area (TPSA) is 43.4 Å². The number of carbonyl (C=O) groups excluding carboxylic acids is 1. The van der Waals surface area contributed by atoms with Gasteiger partial charge in [0.2, 0.25) is 0 Å². The summed E-state index contributed by atoms with van der Waals surface area (Å²) < 4.78 is 0. The van der Waals surface area contributed by atoms with Crippen LogP contribution in [-0.4, -0.2) is 30.0 Å². The molecule has 0 aliphatic rings. The van der Waals surface area contributed by atoms with E-state index < -0.39 is 12.0 Å². The summed E-state index contributed by atoms with van der Waals surface area (Å²) >= 11 is 0. The monoisotopic (exact) mass is 421 g/mol. The van der Waals surface area contributed by atoms with E-state index in [-0.39, 0.29) is 51.4 Å². The summed E-state index contributed by atoms with van der Waals surface area (Å²) in [7, 11) is 0. The summed E-state index contributed by atoms with van der Waals surface area (Å²) in [4.78, 5) is 13.7. The standard InChI is InChI=1S/C24H49NO2.K/c1-4-7-9-11-13-15-17-19-21-25(23(6-3)24(26)27)22-20-18-16-14-12-10-8-5-2;/h23H,4-22H2,1-3H3,(H,26,27);/q;+1/p-1. The summed E-state index contributed by atoms with van der Waals surface area (Å²) in [5.74, 6) is -0.892. The number of carbonyl (C=O) groups is 1. The third-order valence-electron chi connectivity index (χ3n) is 5.70. The second-order valence-corrected chi connectivity index (χ2v) is 8.23. The van der Waals surface area contributed by atoms with E-state index in [1.807, 2.05) is 6.92 Å². The minimum Gasteiger partial charge on any atom is -0.548 e. The first-order valence-corrected chi connectivity index (χ1v) is 12.1. The molecular weight excluding hydrogens is 373 g/mol. The van der Waals surface area contributed by atoms with Crippen LogP contribution in [-0.2, 0) is 4.79 Å². The zero-order valence-corrected chi connectivity index (χ0v) is 22.9. The van der Waals surface area contributed by atoms with Gasteiger partial charge in [0.15, 0.2) is 0 Å². The molecule has 0 radical (unpaired) electrons. The third kappa shape index (κ3) is 19.1. The number of unbranched alkanes of at least 4 members (excludes halogenated alkanes) is 14. The minimum absolute atomic E-state index is 0. The third-order valence-corrected chi connectivity index (χ3v) is 5.70. The molecule has 4 heteroatoms. The Hall–Kier alpha value is 1.07. The van der Waals surface area contributed by atoms with Gasteiger partial charge in [-0.1, -0.05) is 111 Å². The predicted molar refractivity (Wildman–Crippen MR) is 116 cm³/mol. The van der Waals surface area contributed by atoms with Crippen LogP contribution < -0.4 is 56.5 Å². The number of nitrogens with zero attached hydrogens (tertiary/aromatic N) is 1. The van der Waals surface area contributed by atoms with Crippen molar-refractivity contribution in [2.75, 3.05) is 13.1 Å². The van der Waals surface area contributed by atoms with Crippen LogP contribution >= 0.6 is 0 Å². The van der Waals surface area contributed by atoms with Gasteiger partial charge in [0.25, 0.3) is 0 Å². The maximum absolute atomic E-state index is 11.5. The molecule has 0 aliphatic heterocycles. The van der Waals surface area contributed by atoms with Crippen molar-refractivity contribution < 1.29 is 61.3 Å². The Kier molecular flexibility index (Phi) is 27.2. The zero-order valence-electron chi connectivity index (χ0n) is 19.8. The molecular formula is C24H48KNO2. The summed E-state index contributed by atoms with van der Waals surface area (Å²) in [6, 6.07) is -0.404. The molecule has 28 heavy (non-hydrogen) atoms. The van der Waals surface area contributed by atoms with E-state index in [1.165, 1.54) is 89.9 Å². The van der Waals surface area contributed by atoms with Crippen molar-refractivity contribution in [1.82, 2.24) is 4.90 Å². The van der Waals surface area contributed by atoms with Crippen LogP contribution in [0.5, 0.6) is 0 Å². The maximum atomic E-state index is 11.5. The molecule has 0 bridgehead atoms. The molecule has 0 aromatic carbocycles. The Morgan fingerprint density at radius 1 is 0.643 bits per heavy atom. The first-order chi connectivity index (χ1) is 13.2. The maximum Gasteiger partial charge on any atom is 1.00 e. The molecule has 1 unspecified atom stereocenters. The van der Waals surface area contributed by atoms with E-state index in [0.717, 1.165) is 25.9 Å². The van der Waals surface area contributed by atoms with Crippen molar-refractivity contribution in [3.8, 4) is 0 Å². The molecule has 0 fully saturated rings. The van der Waals surface area contributed by atoms with Gasteiger partial charge in [-0.25, -0.2) is 0 Å². The number of carboxylic acid groups (broad SMARTS) is 1. The van der Waals surface area contributed by atoms with Crippen LogP contribution in [0.15, 0.2) is 0 Å². The average Bonchev–Trinajstić information content (AvgIpc) is 2.65. The average molecular weight is 422 g/mol. The van der Waals surface area contributed by atoms with Gasteiger partial charge >= 0.3 is 51.4 Å². The molecule has 0 aliphatic carbocycles. The molecule has 0 heterocycles. The molecule has 162 valence electrons. The van der Waals surface area contributed by atoms with Gasteiger partial charge in [-0.05, 0) is 32.4 Å². The van der Waals surface area contributed by atoms with Crippen LogP contribution in [0.1, 0.15) is 130 Å². The normalized spacial score (nSPS) is 12.1. The van der Waals surface area contributed by atoms with E-state index in [1.54, 1.807) is 0 Å². The summed E-state index contributed by atoms with van der Waals surface area (Å²) in [6.07, 6.45) is 21.3. The van der Waals surface area contributed by atoms with Crippen molar-refractivity contribution in [2.24, 2.45) is 0 Å². The Labute approximate surface area is 219 Å². The van der Waals surface area contributed by atoms with Gasteiger partial charge in [-0.15, -0.1) is 0 Å². The SMILES string of the molecule is CCCCCCCCCCN(CCCCCCCCCC)C(CC)C(=O)[O-].[K+]. The molecule has 0 aromatic heterocycles. The van der Waals surface area contributed by atoms with Crippen LogP contribution in [0.2, 0.25) is 0 Å². The first kappa shape index (κ1) is 31.3. The molecule has 0 spiro atoms. The molecule has 3 nitrogen and oxygen atoms in total. The van der Waals surface area contributed by atoms with Gasteiger partial charge in [0.05, 0.1) is 5.97 Å². The molecule has 0 amide bonds. The Morgan fingerprint density at radius 2 is 0.964 bits per heavy atom. The number of carboxylic acids is 1. The summed E-state index contributed by atoms with van der Waals surface area (Å²) in [6.45, 7) is 8.30. The van der Waals surface area contributed by atoms with Gasteiger partial charge in [-0.3, -0.25) is 4.90 Å². The van der Waals surface area contributed by atoms with E-state index in [0.29, 0.717) is 6.42 Å². The molecule has 0 saturated heterocycles. The molecule has 1 atom stereocenters. The molecule has 0 rings (SSSR count).